The lowest BCUT2D eigenvalue weighted by molar-refractivity contribution is 0.185. The number of fused-ring (bicyclic) bond motifs is 2. The molecule has 0 bridgehead atoms. The van der Waals surface area contributed by atoms with E-state index in [0.29, 0.717) is 12.0 Å². The number of hydrogen-bond acceptors (Lipinski definition) is 4. The standard InChI is InChI=1S/C13H18ClN3O/c1-2-3-17-12-8-18-7-9(12)4-16-11-6-15-5-10(14)13(11)17/h5-6,9,12,16H,2-4,7-8H2,1H3. The van der Waals surface area contributed by atoms with Crippen molar-refractivity contribution in [1.82, 2.24) is 4.98 Å². The van der Waals surface area contributed by atoms with Crippen molar-refractivity contribution in [2.75, 3.05) is 36.5 Å². The number of anilines is 2. The van der Waals surface area contributed by atoms with Crippen LogP contribution in [0.15, 0.2) is 12.4 Å². The highest BCUT2D eigenvalue weighted by Gasteiger charge is 2.36. The minimum atomic E-state index is 0.429. The van der Waals surface area contributed by atoms with E-state index in [0.717, 1.165) is 49.1 Å². The molecule has 0 amide bonds. The maximum Gasteiger partial charge on any atom is 0.0844 e. The van der Waals surface area contributed by atoms with E-state index in [1.807, 2.05) is 6.20 Å². The summed E-state index contributed by atoms with van der Waals surface area (Å²) in [6, 6.07) is 0.429. The predicted octanol–water partition coefficient (Wildman–Crippen LogP) is 2.39. The Balaban J connectivity index is 2.04. The Morgan fingerprint density at radius 2 is 2.39 bits per heavy atom. The monoisotopic (exact) mass is 267 g/mol. The number of rotatable bonds is 2. The largest absolute Gasteiger partial charge is 0.382 e. The van der Waals surface area contributed by atoms with Gasteiger partial charge in [-0.05, 0) is 6.42 Å². The van der Waals surface area contributed by atoms with Gasteiger partial charge >= 0.3 is 0 Å². The maximum absolute atomic E-state index is 6.35. The van der Waals surface area contributed by atoms with Gasteiger partial charge in [0, 0.05) is 25.2 Å². The average Bonchev–Trinajstić information content (AvgIpc) is 2.77. The van der Waals surface area contributed by atoms with Gasteiger partial charge in [0.1, 0.15) is 0 Å². The van der Waals surface area contributed by atoms with Crippen LogP contribution in [0.2, 0.25) is 5.02 Å². The van der Waals surface area contributed by atoms with Crippen molar-refractivity contribution in [2.45, 2.75) is 19.4 Å². The molecule has 2 aliphatic heterocycles. The van der Waals surface area contributed by atoms with Crippen LogP contribution in [0.25, 0.3) is 0 Å². The number of nitrogens with zero attached hydrogens (tertiary/aromatic N) is 2. The second-order valence-electron chi connectivity index (χ2n) is 4.96. The second kappa shape index (κ2) is 4.94. The van der Waals surface area contributed by atoms with Gasteiger partial charge in [0.25, 0.3) is 0 Å². The fraction of sp³-hybridized carbons (Fsp3) is 0.615. The molecule has 1 aromatic heterocycles. The summed E-state index contributed by atoms with van der Waals surface area (Å²) in [6.07, 6.45) is 4.69. The van der Waals surface area contributed by atoms with Crippen molar-refractivity contribution in [2.24, 2.45) is 5.92 Å². The van der Waals surface area contributed by atoms with Crippen LogP contribution in [0.4, 0.5) is 11.4 Å². The van der Waals surface area contributed by atoms with E-state index in [9.17, 15) is 0 Å². The summed E-state index contributed by atoms with van der Waals surface area (Å²) < 4.78 is 5.64. The summed E-state index contributed by atoms with van der Waals surface area (Å²) in [5.41, 5.74) is 2.14. The number of halogens is 1. The third-order valence-corrected chi connectivity index (χ3v) is 4.02. The van der Waals surface area contributed by atoms with Gasteiger partial charge < -0.3 is 15.0 Å². The van der Waals surface area contributed by atoms with Gasteiger partial charge in [0.15, 0.2) is 0 Å². The molecule has 2 aliphatic rings. The van der Waals surface area contributed by atoms with Crippen LogP contribution >= 0.6 is 11.6 Å². The molecule has 1 saturated heterocycles. The maximum atomic E-state index is 6.35. The van der Waals surface area contributed by atoms with Crippen molar-refractivity contribution in [3.8, 4) is 0 Å². The van der Waals surface area contributed by atoms with Crippen molar-refractivity contribution >= 4 is 23.0 Å². The van der Waals surface area contributed by atoms with Gasteiger partial charge in [-0.25, -0.2) is 0 Å². The van der Waals surface area contributed by atoms with Crippen LogP contribution in [0.1, 0.15) is 13.3 Å². The van der Waals surface area contributed by atoms with Gasteiger partial charge in [-0.2, -0.15) is 0 Å². The van der Waals surface area contributed by atoms with Crippen molar-refractivity contribution in [3.05, 3.63) is 17.4 Å². The first kappa shape index (κ1) is 12.1. The highest BCUT2D eigenvalue weighted by Crippen LogP contribution is 2.39. The third-order valence-electron chi connectivity index (χ3n) is 3.74. The van der Waals surface area contributed by atoms with Crippen molar-refractivity contribution < 1.29 is 4.74 Å². The summed E-state index contributed by atoms with van der Waals surface area (Å²) in [6.45, 7) is 5.75. The molecule has 98 valence electrons. The Morgan fingerprint density at radius 3 is 3.22 bits per heavy atom. The minimum Gasteiger partial charge on any atom is -0.382 e. The van der Waals surface area contributed by atoms with Crippen LogP contribution in [0.3, 0.4) is 0 Å². The highest BCUT2D eigenvalue weighted by atomic mass is 35.5. The SMILES string of the molecule is CCCN1c2c(Cl)cncc2NCC2COCC21. The number of hydrogen-bond donors (Lipinski definition) is 1. The lowest BCUT2D eigenvalue weighted by Gasteiger charge is -2.32. The second-order valence-corrected chi connectivity index (χ2v) is 5.36. The molecule has 1 N–H and O–H groups in total. The molecule has 0 spiro atoms. The quantitative estimate of drug-likeness (QED) is 0.893. The third kappa shape index (κ3) is 1.93. The van der Waals surface area contributed by atoms with Crippen LogP contribution in [-0.2, 0) is 4.74 Å². The fourth-order valence-corrected chi connectivity index (χ4v) is 3.17. The first-order valence-corrected chi connectivity index (χ1v) is 6.90. The number of pyridine rings is 1. The predicted molar refractivity (Wildman–Crippen MR) is 73.5 cm³/mol. The molecule has 1 aromatic rings. The molecule has 2 unspecified atom stereocenters. The molecule has 2 atom stereocenters. The molecule has 0 saturated carbocycles. The lowest BCUT2D eigenvalue weighted by Crippen LogP contribution is -2.41. The van der Waals surface area contributed by atoms with E-state index in [1.165, 1.54) is 0 Å². The van der Waals surface area contributed by atoms with Crippen LogP contribution in [0, 0.1) is 5.92 Å². The number of nitrogens with one attached hydrogen (secondary N) is 1. The van der Waals surface area contributed by atoms with Crippen LogP contribution in [-0.4, -0.2) is 37.3 Å². The zero-order valence-corrected chi connectivity index (χ0v) is 11.3. The van der Waals surface area contributed by atoms with E-state index in [1.54, 1.807) is 6.20 Å². The van der Waals surface area contributed by atoms with Gasteiger partial charge in [-0.3, -0.25) is 4.98 Å². The van der Waals surface area contributed by atoms with E-state index in [-0.39, 0.29) is 0 Å². The normalized spacial score (nSPS) is 26.2. The Bertz CT molecular complexity index is 440. The first-order chi connectivity index (χ1) is 8.81. The molecular formula is C13H18ClN3O. The number of aromatic nitrogens is 1. The van der Waals surface area contributed by atoms with E-state index < -0.39 is 0 Å². The van der Waals surface area contributed by atoms with E-state index >= 15 is 0 Å². The summed E-state index contributed by atoms with van der Waals surface area (Å²) in [7, 11) is 0. The van der Waals surface area contributed by atoms with Gasteiger partial charge in [-0.1, -0.05) is 18.5 Å². The van der Waals surface area contributed by atoms with E-state index in [4.69, 9.17) is 16.3 Å². The smallest absolute Gasteiger partial charge is 0.0844 e. The molecule has 1 fully saturated rings. The summed E-state index contributed by atoms with van der Waals surface area (Å²) >= 11 is 6.35. The summed E-state index contributed by atoms with van der Waals surface area (Å²) in [5, 5.41) is 4.18. The average molecular weight is 268 g/mol. The van der Waals surface area contributed by atoms with Gasteiger partial charge in [0.05, 0.1) is 41.8 Å². The van der Waals surface area contributed by atoms with Gasteiger partial charge in [-0.15, -0.1) is 0 Å². The topological polar surface area (TPSA) is 37.4 Å². The molecule has 5 heteroatoms. The summed E-state index contributed by atoms with van der Waals surface area (Å²) in [5.74, 6) is 0.528. The molecule has 18 heavy (non-hydrogen) atoms. The van der Waals surface area contributed by atoms with Crippen LogP contribution in [0.5, 0.6) is 0 Å². The van der Waals surface area contributed by atoms with Crippen molar-refractivity contribution in [1.29, 1.82) is 0 Å². The molecule has 3 heterocycles. The Morgan fingerprint density at radius 1 is 1.50 bits per heavy atom. The zero-order valence-electron chi connectivity index (χ0n) is 10.5. The highest BCUT2D eigenvalue weighted by molar-refractivity contribution is 6.33. The zero-order chi connectivity index (χ0) is 12.5. The minimum absolute atomic E-state index is 0.429. The molecule has 0 radical (unpaired) electrons. The molecule has 0 aliphatic carbocycles. The molecule has 3 rings (SSSR count). The molecule has 0 aromatic carbocycles. The molecular weight excluding hydrogens is 250 g/mol. The lowest BCUT2D eigenvalue weighted by atomic mass is 10.0. The molecule has 4 nitrogen and oxygen atoms in total. The van der Waals surface area contributed by atoms with Crippen molar-refractivity contribution in [3.63, 3.8) is 0 Å². The Labute approximate surface area is 112 Å². The first-order valence-electron chi connectivity index (χ1n) is 6.53. The number of ether oxygens (including phenoxy) is 1. The fourth-order valence-electron chi connectivity index (χ4n) is 2.90. The van der Waals surface area contributed by atoms with E-state index in [2.05, 4.69) is 22.1 Å². The summed E-state index contributed by atoms with van der Waals surface area (Å²) in [4.78, 5) is 6.58. The Hall–Kier alpha value is -1.00. The Kier molecular flexibility index (Phi) is 3.31. The van der Waals surface area contributed by atoms with Gasteiger partial charge in [0.2, 0.25) is 0 Å². The van der Waals surface area contributed by atoms with Crippen LogP contribution < -0.4 is 10.2 Å².